The minimum Gasteiger partial charge on any atom is -0.316 e. The van der Waals surface area contributed by atoms with Gasteiger partial charge in [0.05, 0.1) is 13.2 Å². The lowest BCUT2D eigenvalue weighted by atomic mass is 10.5. The molecule has 0 spiro atoms. The Balaban J connectivity index is 2.31. The summed E-state index contributed by atoms with van der Waals surface area (Å²) in [4.78, 5) is 9.64. The second kappa shape index (κ2) is 3.70. The SMILES string of the molecule is O=C=NP1OCCCO1. The van der Waals surface area contributed by atoms with Crippen molar-refractivity contribution in [3.63, 3.8) is 0 Å². The first-order chi connectivity index (χ1) is 4.43. The fourth-order valence-corrected chi connectivity index (χ4v) is 1.30. The molecule has 1 rings (SSSR count). The molecule has 4 nitrogen and oxygen atoms in total. The average Bonchev–Trinajstić information content (AvgIpc) is 1.91. The van der Waals surface area contributed by atoms with Crippen LogP contribution in [0.5, 0.6) is 0 Å². The summed E-state index contributed by atoms with van der Waals surface area (Å²) in [6.45, 7) is 1.27. The molecule has 0 bridgehead atoms. The number of nitrogens with zero attached hydrogens (tertiary/aromatic N) is 1. The normalized spacial score (nSPS) is 20.9. The van der Waals surface area contributed by atoms with Crippen LogP contribution in [0, 0.1) is 0 Å². The van der Waals surface area contributed by atoms with Gasteiger partial charge in [0.25, 0.3) is 0 Å². The molecule has 0 unspecified atom stereocenters. The fraction of sp³-hybridized carbons (Fsp3) is 0.750. The molecule has 1 fully saturated rings. The summed E-state index contributed by atoms with van der Waals surface area (Å²) >= 11 is 0. The average molecular weight is 147 g/mol. The van der Waals surface area contributed by atoms with E-state index in [1.54, 1.807) is 0 Å². The van der Waals surface area contributed by atoms with Crippen molar-refractivity contribution in [3.05, 3.63) is 0 Å². The van der Waals surface area contributed by atoms with E-state index >= 15 is 0 Å². The molecule has 0 radical (unpaired) electrons. The molecule has 0 saturated carbocycles. The Bertz CT molecular complexity index is 128. The van der Waals surface area contributed by atoms with E-state index in [0.29, 0.717) is 13.2 Å². The first-order valence-electron chi connectivity index (χ1n) is 2.57. The molecule has 1 aliphatic heterocycles. The molecular formula is C4H6NO3P. The molecule has 0 aromatic rings. The van der Waals surface area contributed by atoms with Crippen LogP contribution in [-0.4, -0.2) is 19.3 Å². The molecule has 0 N–H and O–H groups in total. The van der Waals surface area contributed by atoms with Crippen molar-refractivity contribution in [1.82, 2.24) is 0 Å². The third-order valence-corrected chi connectivity index (χ3v) is 1.87. The van der Waals surface area contributed by atoms with Crippen molar-refractivity contribution in [3.8, 4) is 0 Å². The summed E-state index contributed by atoms with van der Waals surface area (Å²) in [5, 5.41) is 0. The van der Waals surface area contributed by atoms with Crippen molar-refractivity contribution in [1.29, 1.82) is 0 Å². The van der Waals surface area contributed by atoms with Gasteiger partial charge in [0, 0.05) is 0 Å². The fourth-order valence-electron chi connectivity index (χ4n) is 0.473. The van der Waals surface area contributed by atoms with E-state index in [9.17, 15) is 4.79 Å². The molecule has 0 atom stereocenters. The molecule has 50 valence electrons. The maximum atomic E-state index is 9.64. The molecule has 0 aliphatic carbocycles. The second-order valence-corrected chi connectivity index (χ2v) is 2.64. The van der Waals surface area contributed by atoms with Crippen molar-refractivity contribution in [2.45, 2.75) is 6.42 Å². The maximum Gasteiger partial charge on any atom is 0.321 e. The predicted octanol–water partition coefficient (Wildman–Crippen LogP) is 0.986. The lowest BCUT2D eigenvalue weighted by Gasteiger charge is -2.15. The molecule has 0 amide bonds. The van der Waals surface area contributed by atoms with Gasteiger partial charge in [-0.2, -0.15) is 0 Å². The number of carbonyl (C=O) groups excluding carboxylic acids is 1. The van der Waals surface area contributed by atoms with E-state index in [1.807, 2.05) is 0 Å². The standard InChI is InChI=1S/C4H6NO3P/c6-4-5-9-7-2-1-3-8-9/h1-3H2. The maximum absolute atomic E-state index is 9.64. The van der Waals surface area contributed by atoms with Gasteiger partial charge in [0.15, 0.2) is 0 Å². The van der Waals surface area contributed by atoms with Crippen LogP contribution in [0.3, 0.4) is 0 Å². The Labute approximate surface area is 53.8 Å². The summed E-state index contributed by atoms with van der Waals surface area (Å²) in [5.41, 5.74) is 0. The summed E-state index contributed by atoms with van der Waals surface area (Å²) < 4.78 is 13.2. The highest BCUT2D eigenvalue weighted by Crippen LogP contribution is 2.41. The van der Waals surface area contributed by atoms with Crippen molar-refractivity contribution < 1.29 is 13.8 Å². The van der Waals surface area contributed by atoms with Gasteiger partial charge >= 0.3 is 8.53 Å². The number of rotatable bonds is 1. The zero-order valence-corrected chi connectivity index (χ0v) is 5.63. The van der Waals surface area contributed by atoms with Gasteiger partial charge in [0.1, 0.15) is 0 Å². The van der Waals surface area contributed by atoms with E-state index < -0.39 is 8.53 Å². The second-order valence-electron chi connectivity index (χ2n) is 1.45. The molecule has 9 heavy (non-hydrogen) atoms. The van der Waals surface area contributed by atoms with Gasteiger partial charge in [-0.25, -0.2) is 4.79 Å². The third kappa shape index (κ3) is 2.20. The van der Waals surface area contributed by atoms with Gasteiger partial charge in [-0.3, -0.25) is 0 Å². The first kappa shape index (κ1) is 6.84. The topological polar surface area (TPSA) is 47.9 Å². The Kier molecular flexibility index (Phi) is 2.81. The molecular weight excluding hydrogens is 141 g/mol. The van der Waals surface area contributed by atoms with Crippen LogP contribution in [0.15, 0.2) is 4.76 Å². The molecule has 1 aliphatic rings. The van der Waals surface area contributed by atoms with Gasteiger partial charge in [-0.1, -0.05) is 0 Å². The summed E-state index contributed by atoms with van der Waals surface area (Å²) in [7, 11) is -1.27. The Hall–Kier alpha value is -0.270. The summed E-state index contributed by atoms with van der Waals surface area (Å²) in [6, 6.07) is 0. The van der Waals surface area contributed by atoms with Gasteiger partial charge in [-0.15, -0.1) is 4.76 Å². The number of hydrogen-bond donors (Lipinski definition) is 0. The number of isocyanates is 1. The van der Waals surface area contributed by atoms with Crippen molar-refractivity contribution in [2.75, 3.05) is 13.2 Å². The van der Waals surface area contributed by atoms with Crippen LogP contribution in [0.4, 0.5) is 0 Å². The van der Waals surface area contributed by atoms with Gasteiger partial charge < -0.3 is 9.05 Å². The van der Waals surface area contributed by atoms with E-state index in [4.69, 9.17) is 9.05 Å². The zero-order valence-electron chi connectivity index (χ0n) is 4.74. The molecule has 1 saturated heterocycles. The Morgan fingerprint density at radius 3 is 2.67 bits per heavy atom. The van der Waals surface area contributed by atoms with Gasteiger partial charge in [-0.05, 0) is 6.42 Å². The van der Waals surface area contributed by atoms with Crippen molar-refractivity contribution >= 4 is 14.6 Å². The molecule has 0 aromatic carbocycles. The van der Waals surface area contributed by atoms with E-state index in [0.717, 1.165) is 6.42 Å². The minimum absolute atomic E-state index is 0.636. The zero-order chi connectivity index (χ0) is 6.53. The Morgan fingerprint density at radius 2 is 2.11 bits per heavy atom. The van der Waals surface area contributed by atoms with E-state index in [2.05, 4.69) is 4.76 Å². The first-order valence-corrected chi connectivity index (χ1v) is 3.70. The Morgan fingerprint density at radius 1 is 1.44 bits per heavy atom. The summed E-state index contributed by atoms with van der Waals surface area (Å²) in [6.07, 6.45) is 2.27. The highest BCUT2D eigenvalue weighted by atomic mass is 31.2. The van der Waals surface area contributed by atoms with Crippen LogP contribution in [0.2, 0.25) is 0 Å². The smallest absolute Gasteiger partial charge is 0.316 e. The van der Waals surface area contributed by atoms with Crippen molar-refractivity contribution in [2.24, 2.45) is 4.76 Å². The van der Waals surface area contributed by atoms with Crippen LogP contribution >= 0.6 is 8.53 Å². The van der Waals surface area contributed by atoms with Crippen LogP contribution in [-0.2, 0) is 13.8 Å². The van der Waals surface area contributed by atoms with Crippen LogP contribution < -0.4 is 0 Å². The minimum atomic E-state index is -1.27. The largest absolute Gasteiger partial charge is 0.321 e. The molecule has 0 aromatic heterocycles. The highest BCUT2D eigenvalue weighted by molar-refractivity contribution is 7.45. The lowest BCUT2D eigenvalue weighted by molar-refractivity contribution is 0.182. The van der Waals surface area contributed by atoms with Crippen LogP contribution in [0.25, 0.3) is 0 Å². The van der Waals surface area contributed by atoms with E-state index in [1.165, 1.54) is 6.08 Å². The third-order valence-electron chi connectivity index (χ3n) is 0.815. The monoisotopic (exact) mass is 147 g/mol. The van der Waals surface area contributed by atoms with Gasteiger partial charge in [0.2, 0.25) is 6.08 Å². The quantitative estimate of drug-likeness (QED) is 0.315. The number of hydrogen-bond acceptors (Lipinski definition) is 4. The molecule has 1 heterocycles. The highest BCUT2D eigenvalue weighted by Gasteiger charge is 2.13. The van der Waals surface area contributed by atoms with Crippen LogP contribution in [0.1, 0.15) is 6.42 Å². The molecule has 5 heteroatoms. The lowest BCUT2D eigenvalue weighted by Crippen LogP contribution is -2.03. The summed E-state index contributed by atoms with van der Waals surface area (Å²) in [5.74, 6) is 0. The van der Waals surface area contributed by atoms with E-state index in [-0.39, 0.29) is 0 Å². The predicted molar refractivity (Wildman–Crippen MR) is 31.6 cm³/mol.